The van der Waals surface area contributed by atoms with Gasteiger partial charge in [0.05, 0.1) is 18.2 Å². The number of allylic oxidation sites excluding steroid dienone is 2. The summed E-state index contributed by atoms with van der Waals surface area (Å²) in [7, 11) is 0. The van der Waals surface area contributed by atoms with Gasteiger partial charge in [-0.2, -0.15) is 0 Å². The zero-order valence-corrected chi connectivity index (χ0v) is 16.1. The van der Waals surface area contributed by atoms with E-state index in [1.54, 1.807) is 4.57 Å². The molecule has 3 rings (SSSR count). The molecule has 2 aromatic rings. The number of rotatable bonds is 7. The summed E-state index contributed by atoms with van der Waals surface area (Å²) in [4.78, 5) is 28.2. The largest absolute Gasteiger partial charge is 0.396 e. The van der Waals surface area contributed by atoms with Crippen molar-refractivity contribution < 1.29 is 10.2 Å². The Kier molecular flexibility index (Phi) is 6.04. The van der Waals surface area contributed by atoms with E-state index in [4.69, 9.17) is 0 Å². The minimum absolute atomic E-state index is 0.101. The number of aliphatic hydroxyl groups is 2. The predicted molar refractivity (Wildman–Crippen MR) is 105 cm³/mol. The van der Waals surface area contributed by atoms with Crippen LogP contribution in [0, 0.1) is 5.41 Å². The highest BCUT2D eigenvalue weighted by atomic mass is 32.2. The van der Waals surface area contributed by atoms with Gasteiger partial charge in [-0.25, -0.2) is 4.79 Å². The first-order valence-electron chi connectivity index (χ1n) is 9.00. The highest BCUT2D eigenvalue weighted by molar-refractivity contribution is 7.99. The van der Waals surface area contributed by atoms with Gasteiger partial charge in [0.25, 0.3) is 5.56 Å². The van der Waals surface area contributed by atoms with Gasteiger partial charge in [0.1, 0.15) is 0 Å². The highest BCUT2D eigenvalue weighted by Crippen LogP contribution is 2.38. The third-order valence-electron chi connectivity index (χ3n) is 5.01. The van der Waals surface area contributed by atoms with Gasteiger partial charge < -0.3 is 10.2 Å². The van der Waals surface area contributed by atoms with Crippen molar-refractivity contribution >= 4 is 11.8 Å². The number of aromatic amines is 1. The molecule has 0 fully saturated rings. The molecule has 0 atom stereocenters. The van der Waals surface area contributed by atoms with Crippen LogP contribution in [-0.4, -0.2) is 33.0 Å². The Bertz CT molecular complexity index is 943. The molecule has 6 nitrogen and oxygen atoms in total. The van der Waals surface area contributed by atoms with E-state index in [-0.39, 0.29) is 18.8 Å². The molecule has 7 heteroatoms. The Hall–Kier alpha value is -2.09. The van der Waals surface area contributed by atoms with Gasteiger partial charge in [-0.1, -0.05) is 48.5 Å². The van der Waals surface area contributed by atoms with Crippen molar-refractivity contribution in [2.75, 3.05) is 13.2 Å². The SMILES string of the molecule is CCc1c(Sc2ccccc2)n(CC2=CCC(CO)(CO)C2)c(=O)[nH]c1=O. The molecule has 0 radical (unpaired) electrons. The van der Waals surface area contributed by atoms with Crippen molar-refractivity contribution in [2.45, 2.75) is 42.7 Å². The summed E-state index contributed by atoms with van der Waals surface area (Å²) >= 11 is 1.41. The Labute approximate surface area is 161 Å². The van der Waals surface area contributed by atoms with E-state index in [1.807, 2.05) is 43.3 Å². The van der Waals surface area contributed by atoms with Crippen LogP contribution in [0.5, 0.6) is 0 Å². The number of hydrogen-bond acceptors (Lipinski definition) is 5. The molecule has 1 aliphatic carbocycles. The number of nitrogens with zero attached hydrogens (tertiary/aromatic N) is 1. The fraction of sp³-hybridized carbons (Fsp3) is 0.400. The first-order chi connectivity index (χ1) is 13.0. The number of aromatic nitrogens is 2. The van der Waals surface area contributed by atoms with E-state index in [0.29, 0.717) is 36.4 Å². The molecule has 0 aliphatic heterocycles. The number of H-pyrrole nitrogens is 1. The standard InChI is InChI=1S/C20H24N2O4S/c1-2-16-17(25)21-19(26)22(18(16)27-15-6-4-3-5-7-15)11-14-8-9-20(10-14,12-23)13-24/h3-8,23-24H,2,9-13H2,1H3,(H,21,25,26). The van der Waals surface area contributed by atoms with Crippen molar-refractivity contribution in [1.29, 1.82) is 0 Å². The molecule has 0 saturated heterocycles. The van der Waals surface area contributed by atoms with E-state index in [1.165, 1.54) is 11.8 Å². The lowest BCUT2D eigenvalue weighted by Gasteiger charge is -2.24. The molecule has 3 N–H and O–H groups in total. The fourth-order valence-electron chi connectivity index (χ4n) is 3.37. The average Bonchev–Trinajstić information content (AvgIpc) is 3.10. The molecule has 0 saturated carbocycles. The van der Waals surface area contributed by atoms with Crippen LogP contribution in [0.15, 0.2) is 61.5 Å². The lowest BCUT2D eigenvalue weighted by Crippen LogP contribution is -2.34. The van der Waals surface area contributed by atoms with E-state index in [2.05, 4.69) is 4.98 Å². The summed E-state index contributed by atoms with van der Waals surface area (Å²) in [5.41, 5.74) is 0.211. The second-order valence-electron chi connectivity index (χ2n) is 6.96. The third-order valence-corrected chi connectivity index (χ3v) is 6.18. The maximum Gasteiger partial charge on any atom is 0.329 e. The maximum atomic E-state index is 12.6. The number of hydrogen-bond donors (Lipinski definition) is 3. The lowest BCUT2D eigenvalue weighted by atomic mass is 9.86. The van der Waals surface area contributed by atoms with Gasteiger partial charge in [0.15, 0.2) is 0 Å². The summed E-state index contributed by atoms with van der Waals surface area (Å²) < 4.78 is 1.59. The Morgan fingerprint density at radius 3 is 2.48 bits per heavy atom. The molecule has 0 amide bonds. The summed E-state index contributed by atoms with van der Waals surface area (Å²) in [6.07, 6.45) is 3.60. The van der Waals surface area contributed by atoms with Crippen molar-refractivity contribution in [1.82, 2.24) is 9.55 Å². The minimum atomic E-state index is -0.554. The Morgan fingerprint density at radius 1 is 1.19 bits per heavy atom. The Balaban J connectivity index is 2.00. The van der Waals surface area contributed by atoms with Gasteiger partial charge in [-0.15, -0.1) is 0 Å². The van der Waals surface area contributed by atoms with Gasteiger partial charge >= 0.3 is 5.69 Å². The zero-order chi connectivity index (χ0) is 19.4. The third kappa shape index (κ3) is 4.10. The van der Waals surface area contributed by atoms with Crippen LogP contribution < -0.4 is 11.2 Å². The molecular formula is C20H24N2O4S. The molecule has 1 aliphatic rings. The molecule has 144 valence electrons. The van der Waals surface area contributed by atoms with E-state index in [0.717, 1.165) is 10.5 Å². The normalized spacial score (nSPS) is 15.7. The van der Waals surface area contributed by atoms with Gasteiger partial charge in [-0.3, -0.25) is 14.3 Å². The van der Waals surface area contributed by atoms with Crippen molar-refractivity contribution in [3.8, 4) is 0 Å². The topological polar surface area (TPSA) is 95.3 Å². The van der Waals surface area contributed by atoms with Gasteiger partial charge in [0.2, 0.25) is 0 Å². The number of nitrogens with one attached hydrogen (secondary N) is 1. The second-order valence-corrected chi connectivity index (χ2v) is 8.02. The van der Waals surface area contributed by atoms with Crippen LogP contribution in [0.25, 0.3) is 0 Å². The molecule has 0 unspecified atom stereocenters. The van der Waals surface area contributed by atoms with E-state index >= 15 is 0 Å². The molecular weight excluding hydrogens is 364 g/mol. The van der Waals surface area contributed by atoms with Gasteiger partial charge in [0, 0.05) is 22.4 Å². The summed E-state index contributed by atoms with van der Waals surface area (Å²) in [5.74, 6) is 0. The second kappa shape index (κ2) is 8.29. The maximum absolute atomic E-state index is 12.6. The molecule has 1 aromatic carbocycles. The van der Waals surface area contributed by atoms with Gasteiger partial charge in [-0.05, 0) is 31.4 Å². The van der Waals surface area contributed by atoms with E-state index < -0.39 is 11.1 Å². The first-order valence-corrected chi connectivity index (χ1v) is 9.82. The molecule has 0 spiro atoms. The molecule has 0 bridgehead atoms. The van der Waals surface area contributed by atoms with Crippen LogP contribution in [0.2, 0.25) is 0 Å². The number of benzene rings is 1. The number of aliphatic hydroxyl groups excluding tert-OH is 2. The molecule has 27 heavy (non-hydrogen) atoms. The van der Waals surface area contributed by atoms with Crippen molar-refractivity contribution in [3.63, 3.8) is 0 Å². The zero-order valence-electron chi connectivity index (χ0n) is 15.3. The lowest BCUT2D eigenvalue weighted by molar-refractivity contribution is 0.0636. The van der Waals surface area contributed by atoms with Crippen molar-refractivity contribution in [3.05, 3.63) is 68.4 Å². The first kappa shape index (κ1) is 19.7. The van der Waals surface area contributed by atoms with E-state index in [9.17, 15) is 19.8 Å². The predicted octanol–water partition coefficient (Wildman–Crippen LogP) is 1.94. The highest BCUT2D eigenvalue weighted by Gasteiger charge is 2.33. The molecule has 1 heterocycles. The van der Waals surface area contributed by atoms with Crippen molar-refractivity contribution in [2.24, 2.45) is 5.41 Å². The smallest absolute Gasteiger partial charge is 0.329 e. The molecule has 1 aromatic heterocycles. The van der Waals surface area contributed by atoms with Crippen LogP contribution >= 0.6 is 11.8 Å². The monoisotopic (exact) mass is 388 g/mol. The summed E-state index contributed by atoms with van der Waals surface area (Å²) in [6, 6.07) is 9.64. The van der Waals surface area contributed by atoms with Crippen LogP contribution in [0.4, 0.5) is 0 Å². The average molecular weight is 388 g/mol. The Morgan fingerprint density at radius 2 is 1.89 bits per heavy atom. The summed E-state index contributed by atoms with van der Waals surface area (Å²) in [6.45, 7) is 2.02. The minimum Gasteiger partial charge on any atom is -0.396 e. The fourth-order valence-corrected chi connectivity index (χ4v) is 4.50. The van der Waals surface area contributed by atoms with Crippen LogP contribution in [0.1, 0.15) is 25.3 Å². The summed E-state index contributed by atoms with van der Waals surface area (Å²) in [5, 5.41) is 19.9. The quantitative estimate of drug-likeness (QED) is 0.498. The van der Waals surface area contributed by atoms with Crippen LogP contribution in [-0.2, 0) is 13.0 Å². The van der Waals surface area contributed by atoms with Crippen LogP contribution in [0.3, 0.4) is 0 Å².